The van der Waals surface area contributed by atoms with Gasteiger partial charge in [0.1, 0.15) is 10.8 Å². The fraction of sp³-hybridized carbons (Fsp3) is 0.200. The van der Waals surface area contributed by atoms with Crippen molar-refractivity contribution in [2.75, 3.05) is 0 Å². The fourth-order valence-electron chi connectivity index (χ4n) is 1.17. The maximum Gasteiger partial charge on any atom is 0.299 e. The Hall–Kier alpha value is -1.17. The molecule has 2 N–H and O–H groups in total. The zero-order valence-corrected chi connectivity index (χ0v) is 10.2. The SMILES string of the molecule is Cc1nnc(Oc2ccc(CN)cc2Cl)s1. The molecule has 0 spiro atoms. The number of aryl methyl sites for hydroxylation is 1. The highest BCUT2D eigenvalue weighted by Gasteiger charge is 2.07. The monoisotopic (exact) mass is 255 g/mol. The average Bonchev–Trinajstić information content (AvgIpc) is 2.67. The van der Waals surface area contributed by atoms with Crippen LogP contribution in [0.4, 0.5) is 0 Å². The lowest BCUT2D eigenvalue weighted by atomic mass is 10.2. The Balaban J connectivity index is 2.21. The minimum absolute atomic E-state index is 0.456. The van der Waals surface area contributed by atoms with Crippen LogP contribution in [0, 0.1) is 6.92 Å². The molecule has 6 heteroatoms. The Kier molecular flexibility index (Phi) is 3.38. The Morgan fingerprint density at radius 3 is 2.81 bits per heavy atom. The normalized spacial score (nSPS) is 10.4. The van der Waals surface area contributed by atoms with E-state index >= 15 is 0 Å². The molecule has 1 heterocycles. The number of nitrogens with zero attached hydrogens (tertiary/aromatic N) is 2. The lowest BCUT2D eigenvalue weighted by Crippen LogP contribution is -1.96. The lowest BCUT2D eigenvalue weighted by Gasteiger charge is -2.05. The zero-order valence-electron chi connectivity index (χ0n) is 8.61. The van der Waals surface area contributed by atoms with Crippen molar-refractivity contribution in [3.8, 4) is 10.9 Å². The van der Waals surface area contributed by atoms with Gasteiger partial charge in [-0.3, -0.25) is 0 Å². The first kappa shape index (κ1) is 11.3. The summed E-state index contributed by atoms with van der Waals surface area (Å²) in [6.45, 7) is 2.32. The third-order valence-corrected chi connectivity index (χ3v) is 2.95. The van der Waals surface area contributed by atoms with Gasteiger partial charge in [-0.15, -0.1) is 5.10 Å². The van der Waals surface area contributed by atoms with Gasteiger partial charge in [0.05, 0.1) is 5.02 Å². The molecule has 0 radical (unpaired) electrons. The Morgan fingerprint density at radius 1 is 1.44 bits per heavy atom. The number of nitrogens with two attached hydrogens (primary N) is 1. The molecule has 0 amide bonds. The number of rotatable bonds is 3. The molecule has 16 heavy (non-hydrogen) atoms. The van der Waals surface area contributed by atoms with Crippen LogP contribution in [0.15, 0.2) is 18.2 Å². The predicted octanol–water partition coefficient (Wildman–Crippen LogP) is 2.75. The fourth-order valence-corrected chi connectivity index (χ4v) is 1.96. The maximum atomic E-state index is 6.04. The molecule has 0 saturated carbocycles. The molecule has 1 aromatic heterocycles. The van der Waals surface area contributed by atoms with Gasteiger partial charge in [-0.25, -0.2) is 0 Å². The van der Waals surface area contributed by atoms with E-state index in [2.05, 4.69) is 10.2 Å². The van der Waals surface area contributed by atoms with E-state index in [0.29, 0.717) is 22.5 Å². The summed E-state index contributed by atoms with van der Waals surface area (Å²) < 4.78 is 5.50. The van der Waals surface area contributed by atoms with E-state index in [4.69, 9.17) is 22.1 Å². The van der Waals surface area contributed by atoms with Crippen molar-refractivity contribution >= 4 is 22.9 Å². The number of hydrogen-bond acceptors (Lipinski definition) is 5. The molecule has 0 fully saturated rings. The van der Waals surface area contributed by atoms with Crippen molar-refractivity contribution < 1.29 is 4.74 Å². The van der Waals surface area contributed by atoms with E-state index in [0.717, 1.165) is 10.6 Å². The van der Waals surface area contributed by atoms with E-state index < -0.39 is 0 Å². The van der Waals surface area contributed by atoms with Crippen molar-refractivity contribution in [2.45, 2.75) is 13.5 Å². The van der Waals surface area contributed by atoms with Gasteiger partial charge in [-0.05, 0) is 24.6 Å². The molecule has 2 aromatic rings. The second-order valence-electron chi connectivity index (χ2n) is 3.16. The van der Waals surface area contributed by atoms with Crippen LogP contribution in [0.25, 0.3) is 0 Å². The molecule has 0 aliphatic rings. The Bertz CT molecular complexity index is 501. The zero-order chi connectivity index (χ0) is 11.5. The van der Waals surface area contributed by atoms with Crippen molar-refractivity contribution in [1.29, 1.82) is 0 Å². The van der Waals surface area contributed by atoms with Crippen LogP contribution in [0.5, 0.6) is 10.9 Å². The van der Waals surface area contributed by atoms with E-state index in [-0.39, 0.29) is 0 Å². The maximum absolute atomic E-state index is 6.04. The summed E-state index contributed by atoms with van der Waals surface area (Å²) in [6.07, 6.45) is 0. The van der Waals surface area contributed by atoms with E-state index in [1.807, 2.05) is 13.0 Å². The van der Waals surface area contributed by atoms with E-state index in [9.17, 15) is 0 Å². The molecular formula is C10H10ClN3OS. The largest absolute Gasteiger partial charge is 0.428 e. The third kappa shape index (κ3) is 2.49. The summed E-state index contributed by atoms with van der Waals surface area (Å²) >= 11 is 7.41. The number of aromatic nitrogens is 2. The van der Waals surface area contributed by atoms with Gasteiger partial charge >= 0.3 is 0 Å². The number of halogens is 1. The van der Waals surface area contributed by atoms with Gasteiger partial charge < -0.3 is 10.5 Å². The summed E-state index contributed by atoms with van der Waals surface area (Å²) in [5.74, 6) is 0.565. The van der Waals surface area contributed by atoms with Crippen LogP contribution in [-0.2, 0) is 6.54 Å². The van der Waals surface area contributed by atoms with Crippen LogP contribution in [0.2, 0.25) is 5.02 Å². The average molecular weight is 256 g/mol. The first-order valence-electron chi connectivity index (χ1n) is 4.65. The molecule has 0 aliphatic heterocycles. The summed E-state index contributed by atoms with van der Waals surface area (Å²) in [7, 11) is 0. The van der Waals surface area contributed by atoms with Crippen LogP contribution in [0.1, 0.15) is 10.6 Å². The number of hydrogen-bond donors (Lipinski definition) is 1. The van der Waals surface area contributed by atoms with E-state index in [1.165, 1.54) is 11.3 Å². The molecule has 0 bridgehead atoms. The smallest absolute Gasteiger partial charge is 0.299 e. The minimum atomic E-state index is 0.456. The van der Waals surface area contributed by atoms with Crippen LogP contribution < -0.4 is 10.5 Å². The Labute approximate surface area is 102 Å². The highest BCUT2D eigenvalue weighted by atomic mass is 35.5. The van der Waals surface area contributed by atoms with Gasteiger partial charge in [-0.2, -0.15) is 0 Å². The molecule has 84 valence electrons. The van der Waals surface area contributed by atoms with Gasteiger partial charge in [0.25, 0.3) is 5.19 Å². The Morgan fingerprint density at radius 2 is 2.25 bits per heavy atom. The standard InChI is InChI=1S/C10H10ClN3OS/c1-6-13-14-10(16-6)15-9-3-2-7(5-12)4-8(9)11/h2-4H,5,12H2,1H3. The number of benzene rings is 1. The molecular weight excluding hydrogens is 246 g/mol. The quantitative estimate of drug-likeness (QED) is 0.916. The summed E-state index contributed by atoms with van der Waals surface area (Å²) in [5, 5.41) is 9.58. The molecule has 0 unspecified atom stereocenters. The first-order valence-corrected chi connectivity index (χ1v) is 5.85. The van der Waals surface area contributed by atoms with Crippen LogP contribution in [0.3, 0.4) is 0 Å². The van der Waals surface area contributed by atoms with Crippen molar-refractivity contribution in [1.82, 2.24) is 10.2 Å². The van der Waals surface area contributed by atoms with Crippen LogP contribution in [-0.4, -0.2) is 10.2 Å². The topological polar surface area (TPSA) is 61.0 Å². The third-order valence-electron chi connectivity index (χ3n) is 1.94. The summed E-state index contributed by atoms with van der Waals surface area (Å²) in [6, 6.07) is 5.43. The van der Waals surface area contributed by atoms with Crippen LogP contribution >= 0.6 is 22.9 Å². The highest BCUT2D eigenvalue weighted by molar-refractivity contribution is 7.13. The molecule has 2 rings (SSSR count). The second kappa shape index (κ2) is 4.78. The molecule has 0 saturated heterocycles. The molecule has 1 aromatic carbocycles. The van der Waals surface area contributed by atoms with E-state index in [1.54, 1.807) is 12.1 Å². The molecule has 0 atom stereocenters. The lowest BCUT2D eigenvalue weighted by molar-refractivity contribution is 0.473. The van der Waals surface area contributed by atoms with Gasteiger partial charge in [0.15, 0.2) is 0 Å². The highest BCUT2D eigenvalue weighted by Crippen LogP contribution is 2.31. The molecule has 4 nitrogen and oxygen atoms in total. The summed E-state index contributed by atoms with van der Waals surface area (Å²) in [4.78, 5) is 0. The van der Waals surface area contributed by atoms with Gasteiger partial charge in [-0.1, -0.05) is 34.1 Å². The minimum Gasteiger partial charge on any atom is -0.428 e. The van der Waals surface area contributed by atoms with Crippen molar-refractivity contribution in [2.24, 2.45) is 5.73 Å². The van der Waals surface area contributed by atoms with Crippen molar-refractivity contribution in [3.05, 3.63) is 33.8 Å². The van der Waals surface area contributed by atoms with Gasteiger partial charge in [0.2, 0.25) is 0 Å². The summed E-state index contributed by atoms with van der Waals surface area (Å²) in [5.41, 5.74) is 6.47. The first-order chi connectivity index (χ1) is 7.69. The van der Waals surface area contributed by atoms with Crippen molar-refractivity contribution in [3.63, 3.8) is 0 Å². The molecule has 0 aliphatic carbocycles. The predicted molar refractivity (Wildman–Crippen MR) is 64.1 cm³/mol. The number of ether oxygens (including phenoxy) is 1. The van der Waals surface area contributed by atoms with Gasteiger partial charge in [0, 0.05) is 6.54 Å². The second-order valence-corrected chi connectivity index (χ2v) is 4.71.